The van der Waals surface area contributed by atoms with Crippen molar-refractivity contribution in [3.05, 3.63) is 47.3 Å². The fourth-order valence-electron chi connectivity index (χ4n) is 4.80. The Morgan fingerprint density at radius 1 is 1.16 bits per heavy atom. The number of nitrogens with one attached hydrogen (secondary N) is 1. The summed E-state index contributed by atoms with van der Waals surface area (Å²) in [7, 11) is 1.97. The maximum absolute atomic E-state index is 14.5. The van der Waals surface area contributed by atoms with Crippen molar-refractivity contribution in [1.29, 1.82) is 0 Å². The first-order valence-corrected chi connectivity index (χ1v) is 10.8. The Hall–Kier alpha value is -3.27. The zero-order valence-electron chi connectivity index (χ0n) is 17.9. The number of carbonyl (C=O) groups excluding carboxylic acids is 3. The monoisotopic (exact) mass is 440 g/mol. The second-order valence-corrected chi connectivity index (χ2v) is 8.61. The van der Waals surface area contributed by atoms with Crippen LogP contribution in [-0.4, -0.2) is 69.3 Å². The standard InChI is InChI=1S/C22H25FN6O3/c1-26-13-24-10-15(26)11-27-4-6-28(7-5-27)19-9-14(23)8-16-17(19)12-29(22(16)32)18-2-3-20(30)25-21(18)31/h8-10,13,18H,2-7,11-12H2,1H3,(H,25,30,31). The lowest BCUT2D eigenvalue weighted by molar-refractivity contribution is -0.136. The lowest BCUT2D eigenvalue weighted by atomic mass is 10.0. The number of amides is 3. The van der Waals surface area contributed by atoms with Gasteiger partial charge < -0.3 is 14.4 Å². The Balaban J connectivity index is 1.33. The fraction of sp³-hybridized carbons (Fsp3) is 0.455. The van der Waals surface area contributed by atoms with Gasteiger partial charge in [0, 0.05) is 75.7 Å². The maximum Gasteiger partial charge on any atom is 0.255 e. The number of piperazine rings is 1. The smallest absolute Gasteiger partial charge is 0.255 e. The number of hydrogen-bond acceptors (Lipinski definition) is 6. The van der Waals surface area contributed by atoms with Crippen LogP contribution >= 0.6 is 0 Å². The van der Waals surface area contributed by atoms with Gasteiger partial charge in [-0.2, -0.15) is 0 Å². The summed E-state index contributed by atoms with van der Waals surface area (Å²) in [6.07, 6.45) is 4.12. The van der Waals surface area contributed by atoms with Crippen LogP contribution in [0.1, 0.15) is 34.5 Å². The second-order valence-electron chi connectivity index (χ2n) is 8.61. The number of anilines is 1. The van der Waals surface area contributed by atoms with Crippen molar-refractivity contribution in [3.63, 3.8) is 0 Å². The Morgan fingerprint density at radius 2 is 1.94 bits per heavy atom. The molecule has 0 saturated carbocycles. The molecule has 32 heavy (non-hydrogen) atoms. The molecule has 9 nitrogen and oxygen atoms in total. The van der Waals surface area contributed by atoms with Gasteiger partial charge in [-0.25, -0.2) is 9.37 Å². The summed E-state index contributed by atoms with van der Waals surface area (Å²) < 4.78 is 16.5. The number of halogens is 1. The molecule has 1 unspecified atom stereocenters. The first-order valence-electron chi connectivity index (χ1n) is 10.8. The minimum atomic E-state index is -0.709. The lowest BCUT2D eigenvalue weighted by Crippen LogP contribution is -2.52. The average molecular weight is 440 g/mol. The van der Waals surface area contributed by atoms with Gasteiger partial charge in [-0.1, -0.05) is 0 Å². The molecular formula is C22H25FN6O3. The highest BCUT2D eigenvalue weighted by molar-refractivity contribution is 6.06. The molecule has 3 amide bonds. The van der Waals surface area contributed by atoms with Crippen LogP contribution < -0.4 is 10.2 Å². The molecule has 5 rings (SSSR count). The SMILES string of the molecule is Cn1cncc1CN1CCN(c2cc(F)cc3c2CN(C2CCC(=O)NC2=O)C3=O)CC1. The summed E-state index contributed by atoms with van der Waals surface area (Å²) in [5.41, 5.74) is 2.90. The van der Waals surface area contributed by atoms with Crippen LogP contribution in [-0.2, 0) is 29.7 Å². The van der Waals surface area contributed by atoms with Gasteiger partial charge in [0.25, 0.3) is 5.91 Å². The molecule has 2 aromatic rings. The summed E-state index contributed by atoms with van der Waals surface area (Å²) in [6.45, 7) is 4.07. The third kappa shape index (κ3) is 3.64. The van der Waals surface area contributed by atoms with Gasteiger partial charge in [0.15, 0.2) is 0 Å². The van der Waals surface area contributed by atoms with Gasteiger partial charge in [0.1, 0.15) is 11.9 Å². The molecule has 1 N–H and O–H groups in total. The van der Waals surface area contributed by atoms with Crippen molar-refractivity contribution in [3.8, 4) is 0 Å². The van der Waals surface area contributed by atoms with E-state index in [-0.39, 0.29) is 31.2 Å². The highest BCUT2D eigenvalue weighted by Crippen LogP contribution is 2.35. The molecule has 1 aromatic carbocycles. The molecule has 2 saturated heterocycles. The van der Waals surface area contributed by atoms with E-state index in [0.29, 0.717) is 24.3 Å². The molecule has 2 fully saturated rings. The Kier molecular flexibility index (Phi) is 5.16. The number of aromatic nitrogens is 2. The molecule has 168 valence electrons. The minimum Gasteiger partial charge on any atom is -0.369 e. The first-order chi connectivity index (χ1) is 15.4. The zero-order valence-corrected chi connectivity index (χ0v) is 17.9. The first kappa shape index (κ1) is 20.6. The number of rotatable bonds is 4. The number of nitrogens with zero attached hydrogens (tertiary/aromatic N) is 5. The van der Waals surface area contributed by atoms with Gasteiger partial charge in [0.2, 0.25) is 11.8 Å². The van der Waals surface area contributed by atoms with Crippen LogP contribution in [0.3, 0.4) is 0 Å². The molecular weight excluding hydrogens is 415 g/mol. The largest absolute Gasteiger partial charge is 0.369 e. The molecule has 3 aliphatic rings. The van der Waals surface area contributed by atoms with Gasteiger partial charge in [-0.3, -0.25) is 24.6 Å². The van der Waals surface area contributed by atoms with Crippen molar-refractivity contribution >= 4 is 23.4 Å². The van der Waals surface area contributed by atoms with Crippen molar-refractivity contribution < 1.29 is 18.8 Å². The molecule has 0 radical (unpaired) electrons. The molecule has 10 heteroatoms. The second kappa shape index (κ2) is 8.01. The highest BCUT2D eigenvalue weighted by atomic mass is 19.1. The summed E-state index contributed by atoms with van der Waals surface area (Å²) in [6, 6.07) is 2.03. The van der Waals surface area contributed by atoms with Gasteiger partial charge in [0.05, 0.1) is 12.0 Å². The fourth-order valence-corrected chi connectivity index (χ4v) is 4.80. The maximum atomic E-state index is 14.5. The van der Waals surface area contributed by atoms with E-state index in [1.54, 1.807) is 6.33 Å². The van der Waals surface area contributed by atoms with Crippen LogP contribution in [0, 0.1) is 5.82 Å². The summed E-state index contributed by atoms with van der Waals surface area (Å²) in [4.78, 5) is 46.9. The van der Waals surface area contributed by atoms with Crippen LogP contribution in [0.2, 0.25) is 0 Å². The van der Waals surface area contributed by atoms with Crippen molar-refractivity contribution in [1.82, 2.24) is 24.7 Å². The number of fused-ring (bicyclic) bond motifs is 1. The Bertz CT molecular complexity index is 1090. The topological polar surface area (TPSA) is 90.8 Å². The lowest BCUT2D eigenvalue weighted by Gasteiger charge is -2.37. The van der Waals surface area contributed by atoms with E-state index in [2.05, 4.69) is 20.1 Å². The quantitative estimate of drug-likeness (QED) is 0.702. The molecule has 1 atom stereocenters. The van der Waals surface area contributed by atoms with E-state index in [4.69, 9.17) is 0 Å². The van der Waals surface area contributed by atoms with Gasteiger partial charge >= 0.3 is 0 Å². The average Bonchev–Trinajstić information content (AvgIpc) is 3.31. The number of hydrogen-bond donors (Lipinski definition) is 1. The van der Waals surface area contributed by atoms with E-state index in [1.165, 1.54) is 17.0 Å². The Morgan fingerprint density at radius 3 is 2.62 bits per heavy atom. The normalized spacial score (nSPS) is 21.8. The van der Waals surface area contributed by atoms with Crippen LogP contribution in [0.4, 0.5) is 10.1 Å². The molecule has 0 aliphatic carbocycles. The van der Waals surface area contributed by atoms with Crippen molar-refractivity contribution in [2.24, 2.45) is 7.05 Å². The molecule has 4 heterocycles. The van der Waals surface area contributed by atoms with Crippen molar-refractivity contribution in [2.45, 2.75) is 32.0 Å². The van der Waals surface area contributed by atoms with Gasteiger partial charge in [-0.15, -0.1) is 0 Å². The predicted octanol–water partition coefficient (Wildman–Crippen LogP) is 0.642. The molecule has 0 bridgehead atoms. The van der Waals surface area contributed by atoms with E-state index in [9.17, 15) is 18.8 Å². The number of imide groups is 1. The third-order valence-electron chi connectivity index (χ3n) is 6.61. The predicted molar refractivity (Wildman–Crippen MR) is 113 cm³/mol. The van der Waals surface area contributed by atoms with E-state index < -0.39 is 17.8 Å². The number of piperidine rings is 1. The summed E-state index contributed by atoms with van der Waals surface area (Å²) >= 11 is 0. The molecule has 3 aliphatic heterocycles. The van der Waals surface area contributed by atoms with Crippen LogP contribution in [0.25, 0.3) is 0 Å². The van der Waals surface area contributed by atoms with Gasteiger partial charge in [-0.05, 0) is 18.6 Å². The van der Waals surface area contributed by atoms with Crippen molar-refractivity contribution in [2.75, 3.05) is 31.1 Å². The van der Waals surface area contributed by atoms with Crippen LogP contribution in [0.5, 0.6) is 0 Å². The molecule has 0 spiro atoms. The van der Waals surface area contributed by atoms with E-state index in [1.807, 2.05) is 17.8 Å². The minimum absolute atomic E-state index is 0.191. The molecule has 1 aromatic heterocycles. The zero-order chi connectivity index (χ0) is 22.4. The third-order valence-corrected chi connectivity index (χ3v) is 6.61. The summed E-state index contributed by atoms with van der Waals surface area (Å²) in [5, 5.41) is 2.30. The number of imidazole rings is 1. The summed E-state index contributed by atoms with van der Waals surface area (Å²) in [5.74, 6) is -1.61. The number of aryl methyl sites for hydroxylation is 1. The number of carbonyl (C=O) groups is 3. The number of benzene rings is 1. The van der Waals surface area contributed by atoms with E-state index in [0.717, 1.165) is 30.9 Å². The van der Waals surface area contributed by atoms with E-state index >= 15 is 0 Å². The Labute approximate surface area is 184 Å². The highest BCUT2D eigenvalue weighted by Gasteiger charge is 2.41. The van der Waals surface area contributed by atoms with Crippen LogP contribution in [0.15, 0.2) is 24.7 Å².